The van der Waals surface area contributed by atoms with Crippen molar-refractivity contribution >= 4 is 33.2 Å². The molecule has 50 heavy (non-hydrogen) atoms. The largest absolute Gasteiger partial charge is 0.332 e. The van der Waals surface area contributed by atoms with Crippen LogP contribution in [0.2, 0.25) is 0 Å². The van der Waals surface area contributed by atoms with E-state index in [4.69, 9.17) is 9.97 Å². The third kappa shape index (κ3) is 4.66. The summed E-state index contributed by atoms with van der Waals surface area (Å²) in [6, 6.07) is 52.5. The van der Waals surface area contributed by atoms with Gasteiger partial charge in [0, 0.05) is 57.9 Å². The van der Waals surface area contributed by atoms with E-state index in [1.807, 2.05) is 36.7 Å². The van der Waals surface area contributed by atoms with Crippen LogP contribution in [-0.4, -0.2) is 27.1 Å². The quantitative estimate of drug-likeness (QED) is 0.190. The Morgan fingerprint density at radius 3 is 1.98 bits per heavy atom. The molecule has 2 unspecified atom stereocenters. The lowest BCUT2D eigenvalue weighted by atomic mass is 9.97. The van der Waals surface area contributed by atoms with Crippen molar-refractivity contribution in [3.8, 4) is 39.3 Å². The molecule has 0 saturated carbocycles. The van der Waals surface area contributed by atoms with Gasteiger partial charge >= 0.3 is 0 Å². The number of aromatic nitrogens is 3. The van der Waals surface area contributed by atoms with Gasteiger partial charge in [-0.1, -0.05) is 84.9 Å². The fourth-order valence-corrected chi connectivity index (χ4v) is 7.95. The zero-order valence-corrected chi connectivity index (χ0v) is 27.3. The van der Waals surface area contributed by atoms with Crippen LogP contribution in [0.5, 0.6) is 0 Å². The first-order chi connectivity index (χ1) is 24.8. The van der Waals surface area contributed by atoms with Gasteiger partial charge in [0.15, 0.2) is 0 Å². The third-order valence-electron chi connectivity index (χ3n) is 10.2. The first-order valence-electron chi connectivity index (χ1n) is 17.2. The van der Waals surface area contributed by atoms with Gasteiger partial charge in [0.2, 0.25) is 0 Å². The van der Waals surface area contributed by atoms with Crippen molar-refractivity contribution in [2.45, 2.75) is 12.1 Å². The molecule has 5 nitrogen and oxygen atoms in total. The molecule has 0 saturated heterocycles. The number of pyridine rings is 2. The Balaban J connectivity index is 1.15. The lowest BCUT2D eigenvalue weighted by Crippen LogP contribution is -2.38. The van der Waals surface area contributed by atoms with Gasteiger partial charge in [0.05, 0.1) is 34.5 Å². The summed E-state index contributed by atoms with van der Waals surface area (Å²) in [5, 5.41) is 6.31. The first-order valence-corrected chi connectivity index (χ1v) is 17.2. The minimum Gasteiger partial charge on any atom is -0.332 e. The lowest BCUT2D eigenvalue weighted by molar-refractivity contribution is 0.520. The molecular weight excluding hydrogens is 611 g/mol. The van der Waals surface area contributed by atoms with Gasteiger partial charge in [0.1, 0.15) is 0 Å². The first kappa shape index (κ1) is 28.7. The third-order valence-corrected chi connectivity index (χ3v) is 10.2. The van der Waals surface area contributed by atoms with Crippen LogP contribution in [0.1, 0.15) is 11.6 Å². The molecule has 0 bridgehead atoms. The highest BCUT2D eigenvalue weighted by Crippen LogP contribution is 2.48. The van der Waals surface area contributed by atoms with E-state index < -0.39 is 0 Å². The van der Waals surface area contributed by atoms with E-state index in [1.165, 1.54) is 44.2 Å². The number of hydrogen-bond acceptors (Lipinski definition) is 4. The van der Waals surface area contributed by atoms with Gasteiger partial charge in [-0.15, -0.1) is 0 Å². The molecule has 5 aromatic carbocycles. The average molecular weight is 644 g/mol. The summed E-state index contributed by atoms with van der Waals surface area (Å²) in [6.45, 7) is 0.851. The summed E-state index contributed by atoms with van der Waals surface area (Å²) >= 11 is 0. The molecule has 0 fully saturated rings. The van der Waals surface area contributed by atoms with Crippen LogP contribution in [0.3, 0.4) is 0 Å². The Morgan fingerprint density at radius 2 is 1.22 bits per heavy atom. The number of hydrogen-bond donors (Lipinski definition) is 1. The van der Waals surface area contributed by atoms with Crippen LogP contribution in [0.25, 0.3) is 61.1 Å². The Kier molecular flexibility index (Phi) is 6.71. The maximum absolute atomic E-state index is 4.73. The number of rotatable bonds is 5. The minimum absolute atomic E-state index is 0.132. The summed E-state index contributed by atoms with van der Waals surface area (Å²) < 4.78 is 2.39. The molecule has 238 valence electrons. The van der Waals surface area contributed by atoms with Crippen molar-refractivity contribution in [1.82, 2.24) is 19.9 Å². The molecule has 0 amide bonds. The van der Waals surface area contributed by atoms with E-state index in [-0.39, 0.29) is 12.1 Å². The van der Waals surface area contributed by atoms with Crippen LogP contribution in [-0.2, 0) is 0 Å². The van der Waals surface area contributed by atoms with Crippen molar-refractivity contribution in [1.29, 1.82) is 0 Å². The minimum atomic E-state index is 0.132. The van der Waals surface area contributed by atoms with E-state index in [2.05, 4.69) is 148 Å². The predicted molar refractivity (Wildman–Crippen MR) is 205 cm³/mol. The number of benzene rings is 5. The van der Waals surface area contributed by atoms with Crippen molar-refractivity contribution in [2.24, 2.45) is 0 Å². The molecule has 0 radical (unpaired) electrons. The smallest absolute Gasteiger partial charge is 0.0718 e. The molecule has 2 aliphatic heterocycles. The van der Waals surface area contributed by atoms with Crippen molar-refractivity contribution < 1.29 is 0 Å². The van der Waals surface area contributed by atoms with Gasteiger partial charge < -0.3 is 14.8 Å². The molecule has 5 heteroatoms. The SMILES string of the molecule is C1=CC2C(NC1)c1ccc(-c3ccc4c5ccccc5n(-c5ccccc5)c4c3)cc1N2c1cc(-c2ccccn2)cc(-c2ccccn2)c1. The topological polar surface area (TPSA) is 46.0 Å². The van der Waals surface area contributed by atoms with Crippen LogP contribution < -0.4 is 10.2 Å². The highest BCUT2D eigenvalue weighted by atomic mass is 15.2. The maximum atomic E-state index is 4.73. The highest BCUT2D eigenvalue weighted by Gasteiger charge is 2.39. The molecular formula is C45H33N5. The van der Waals surface area contributed by atoms with Gasteiger partial charge in [-0.2, -0.15) is 0 Å². The van der Waals surface area contributed by atoms with Gasteiger partial charge in [-0.3, -0.25) is 9.97 Å². The molecule has 5 heterocycles. The second-order valence-corrected chi connectivity index (χ2v) is 13.1. The van der Waals surface area contributed by atoms with Crippen LogP contribution in [0.4, 0.5) is 11.4 Å². The Labute approximate surface area is 290 Å². The van der Waals surface area contributed by atoms with Crippen LogP contribution in [0.15, 0.2) is 170 Å². The second kappa shape index (κ2) is 11.7. The van der Waals surface area contributed by atoms with Crippen LogP contribution >= 0.6 is 0 Å². The van der Waals surface area contributed by atoms with Gasteiger partial charge in [0.25, 0.3) is 0 Å². The predicted octanol–water partition coefficient (Wildman–Crippen LogP) is 10.3. The molecule has 3 aromatic heterocycles. The van der Waals surface area contributed by atoms with E-state index in [0.29, 0.717) is 0 Å². The zero-order chi connectivity index (χ0) is 33.0. The van der Waals surface area contributed by atoms with E-state index in [0.717, 1.165) is 40.4 Å². The van der Waals surface area contributed by atoms with Gasteiger partial charge in [-0.25, -0.2) is 0 Å². The Bertz CT molecular complexity index is 2500. The molecule has 2 atom stereocenters. The lowest BCUT2D eigenvalue weighted by Gasteiger charge is -2.31. The fourth-order valence-electron chi connectivity index (χ4n) is 7.95. The number of fused-ring (bicyclic) bond motifs is 6. The number of anilines is 2. The fraction of sp³-hybridized carbons (Fsp3) is 0.0667. The number of nitrogens with one attached hydrogen (secondary N) is 1. The Morgan fingerprint density at radius 1 is 0.540 bits per heavy atom. The van der Waals surface area contributed by atoms with E-state index in [1.54, 1.807) is 0 Å². The second-order valence-electron chi connectivity index (χ2n) is 13.1. The monoisotopic (exact) mass is 643 g/mol. The van der Waals surface area contributed by atoms with E-state index >= 15 is 0 Å². The van der Waals surface area contributed by atoms with Crippen molar-refractivity contribution in [3.05, 3.63) is 176 Å². The standard InChI is InChI=1S/C45H33N5/c1-2-11-34(12-3-1)49-41-16-5-4-13-36(41)37-20-18-30(28-43(37)49)31-19-21-38-44(29-31)50(42-17-10-24-48-45(38)42)35-26-32(39-14-6-8-22-46-39)25-33(27-35)40-15-7-9-23-47-40/h1-23,25-29,42,45,48H,24H2. The van der Waals surface area contributed by atoms with Crippen LogP contribution in [0, 0.1) is 0 Å². The summed E-state index contributed by atoms with van der Waals surface area (Å²) in [4.78, 5) is 12.0. The summed E-state index contributed by atoms with van der Waals surface area (Å²) in [5.74, 6) is 0. The number of para-hydroxylation sites is 2. The van der Waals surface area contributed by atoms with Crippen molar-refractivity contribution in [2.75, 3.05) is 11.4 Å². The summed E-state index contributed by atoms with van der Waals surface area (Å²) in [5.41, 5.74) is 13.6. The summed E-state index contributed by atoms with van der Waals surface area (Å²) in [6.07, 6.45) is 8.33. The average Bonchev–Trinajstić information content (AvgIpc) is 3.71. The molecule has 8 aromatic rings. The maximum Gasteiger partial charge on any atom is 0.0718 e. The molecule has 10 rings (SSSR count). The van der Waals surface area contributed by atoms with Crippen molar-refractivity contribution in [3.63, 3.8) is 0 Å². The Hall–Kier alpha value is -6.30. The van der Waals surface area contributed by atoms with Gasteiger partial charge in [-0.05, 0) is 89.5 Å². The normalized spacial score (nSPS) is 16.5. The highest BCUT2D eigenvalue weighted by molar-refractivity contribution is 6.10. The zero-order valence-electron chi connectivity index (χ0n) is 27.3. The van der Waals surface area contributed by atoms with E-state index in [9.17, 15) is 0 Å². The molecule has 2 aliphatic rings. The molecule has 0 aliphatic carbocycles. The molecule has 1 N–H and O–H groups in total. The molecule has 0 spiro atoms. The summed E-state index contributed by atoms with van der Waals surface area (Å²) in [7, 11) is 0. The number of nitrogens with zero attached hydrogens (tertiary/aromatic N) is 4.